The highest BCUT2D eigenvalue weighted by molar-refractivity contribution is 5.95. The van der Waals surface area contributed by atoms with Crippen LogP contribution in [0.3, 0.4) is 0 Å². The summed E-state index contributed by atoms with van der Waals surface area (Å²) in [6.07, 6.45) is 0.311. The summed E-state index contributed by atoms with van der Waals surface area (Å²) in [5.74, 6) is -0.305. The van der Waals surface area contributed by atoms with Gasteiger partial charge in [0.1, 0.15) is 0 Å². The minimum atomic E-state index is -0.539. The average Bonchev–Trinajstić information content (AvgIpc) is 2.78. The third-order valence-corrected chi connectivity index (χ3v) is 2.76. The normalized spacial score (nSPS) is 17.3. The molecule has 0 saturated heterocycles. The van der Waals surface area contributed by atoms with E-state index in [1.54, 1.807) is 6.92 Å². The van der Waals surface area contributed by atoms with Gasteiger partial charge in [0, 0.05) is 24.1 Å². The lowest BCUT2D eigenvalue weighted by molar-refractivity contribution is -0.384. The molecule has 1 unspecified atom stereocenters. The number of non-ortho nitro benzene ring substituents is 1. The van der Waals surface area contributed by atoms with Gasteiger partial charge in [-0.3, -0.25) is 14.9 Å². The van der Waals surface area contributed by atoms with Crippen molar-refractivity contribution < 1.29 is 14.5 Å². The predicted octanol–water partition coefficient (Wildman–Crippen LogP) is 2.22. The Labute approximate surface area is 114 Å². The van der Waals surface area contributed by atoms with Crippen LogP contribution in [0.15, 0.2) is 35.8 Å². The van der Waals surface area contributed by atoms with Crippen molar-refractivity contribution in [3.63, 3.8) is 0 Å². The second kappa shape index (κ2) is 5.40. The van der Waals surface area contributed by atoms with Gasteiger partial charge in [0.05, 0.1) is 17.6 Å². The zero-order valence-electron chi connectivity index (χ0n) is 10.6. The van der Waals surface area contributed by atoms with Crippen LogP contribution in [0, 0.1) is 16.7 Å². The van der Waals surface area contributed by atoms with E-state index < -0.39 is 10.8 Å². The van der Waals surface area contributed by atoms with E-state index >= 15 is 0 Å². The van der Waals surface area contributed by atoms with Crippen LogP contribution in [0.4, 0.5) is 5.69 Å². The van der Waals surface area contributed by atoms with Crippen molar-refractivity contribution in [2.24, 2.45) is 0 Å². The van der Waals surface area contributed by atoms with Gasteiger partial charge in [0.25, 0.3) is 11.6 Å². The first-order valence-corrected chi connectivity index (χ1v) is 5.84. The Balaban J connectivity index is 2.13. The highest BCUT2D eigenvalue weighted by Gasteiger charge is 2.24. The summed E-state index contributed by atoms with van der Waals surface area (Å²) >= 11 is 0. The first-order chi connectivity index (χ1) is 9.51. The second-order valence-corrected chi connectivity index (χ2v) is 4.28. The molecule has 1 aromatic carbocycles. The minimum absolute atomic E-state index is 0.0895. The topological polar surface area (TPSA) is 85.8 Å². The quantitative estimate of drug-likeness (QED) is 0.519. The summed E-state index contributed by atoms with van der Waals surface area (Å²) in [6.45, 7) is 8.81. The van der Waals surface area contributed by atoms with Crippen molar-refractivity contribution in [1.29, 1.82) is 0 Å². The Morgan fingerprint density at radius 3 is 2.70 bits per heavy atom. The molecule has 1 aliphatic heterocycles. The number of nitrogens with one attached hydrogen (secondary N) is 1. The van der Waals surface area contributed by atoms with Gasteiger partial charge in [0.2, 0.25) is 5.70 Å². The van der Waals surface area contributed by atoms with E-state index in [1.165, 1.54) is 24.3 Å². The van der Waals surface area contributed by atoms with Gasteiger partial charge in [-0.2, -0.15) is 0 Å². The number of carbonyl (C=O) groups is 1. The molecule has 0 bridgehead atoms. The highest BCUT2D eigenvalue weighted by Crippen LogP contribution is 2.24. The van der Waals surface area contributed by atoms with Crippen LogP contribution in [0.5, 0.6) is 0 Å². The molecule has 0 radical (unpaired) electrons. The van der Waals surface area contributed by atoms with Crippen LogP contribution in [0.2, 0.25) is 0 Å². The van der Waals surface area contributed by atoms with E-state index in [9.17, 15) is 14.9 Å². The van der Waals surface area contributed by atoms with Crippen molar-refractivity contribution in [2.45, 2.75) is 19.4 Å². The van der Waals surface area contributed by atoms with E-state index in [4.69, 9.17) is 11.3 Å². The molecule has 0 spiro atoms. The largest absolute Gasteiger partial charge is 0.486 e. The average molecular weight is 273 g/mol. The molecule has 1 aromatic rings. The fraction of sp³-hybridized carbons (Fsp3) is 0.231. The van der Waals surface area contributed by atoms with E-state index in [1.807, 2.05) is 0 Å². The smallest absolute Gasteiger partial charge is 0.269 e. The molecule has 1 heterocycles. The fourth-order valence-electron chi connectivity index (χ4n) is 1.78. The zero-order chi connectivity index (χ0) is 14.7. The number of ether oxygens (including phenoxy) is 1. The van der Waals surface area contributed by atoms with E-state index in [0.29, 0.717) is 12.1 Å². The summed E-state index contributed by atoms with van der Waals surface area (Å²) in [7, 11) is 0. The molecule has 20 heavy (non-hydrogen) atoms. The number of rotatable bonds is 3. The fourth-order valence-corrected chi connectivity index (χ4v) is 1.78. The molecule has 1 atom stereocenters. The maximum Gasteiger partial charge on any atom is 0.269 e. The Morgan fingerprint density at radius 2 is 2.15 bits per heavy atom. The third kappa shape index (κ3) is 2.75. The van der Waals surface area contributed by atoms with Crippen molar-refractivity contribution in [1.82, 2.24) is 5.32 Å². The van der Waals surface area contributed by atoms with Crippen LogP contribution < -0.4 is 5.32 Å². The van der Waals surface area contributed by atoms with E-state index in [-0.39, 0.29) is 23.2 Å². The zero-order valence-corrected chi connectivity index (χ0v) is 10.6. The van der Waals surface area contributed by atoms with Crippen molar-refractivity contribution in [2.75, 3.05) is 0 Å². The molecule has 1 amide bonds. The standard InChI is InChI=1S/C13H11N3O4/c1-8-7-11(14-2)13(20-8)15-12(17)9-3-5-10(6-4-9)16(18)19/h3-6,8H,7H2,1H3,(H,15,17). The van der Waals surface area contributed by atoms with Crippen LogP contribution in [-0.4, -0.2) is 16.9 Å². The molecule has 0 aromatic heterocycles. The minimum Gasteiger partial charge on any atom is -0.486 e. The van der Waals surface area contributed by atoms with Crippen molar-refractivity contribution >= 4 is 11.6 Å². The number of amides is 1. The Hall–Kier alpha value is -2.88. The summed E-state index contributed by atoms with van der Waals surface area (Å²) in [5, 5.41) is 13.0. The molecule has 1 N–H and O–H groups in total. The number of carbonyl (C=O) groups excluding carboxylic acids is 1. The summed E-state index contributed by atoms with van der Waals surface area (Å²) < 4.78 is 5.34. The Bertz CT molecular complexity index is 628. The maximum atomic E-state index is 12.0. The molecule has 0 aliphatic carbocycles. The number of nitro benzene ring substituents is 1. The lowest BCUT2D eigenvalue weighted by atomic mass is 10.2. The summed E-state index contributed by atoms with van der Waals surface area (Å²) in [6, 6.07) is 5.20. The molecule has 7 heteroatoms. The molecule has 0 saturated carbocycles. The third-order valence-electron chi connectivity index (χ3n) is 2.76. The number of hydrogen-bond donors (Lipinski definition) is 1. The van der Waals surface area contributed by atoms with Gasteiger partial charge in [-0.05, 0) is 19.1 Å². The maximum absolute atomic E-state index is 12.0. The Morgan fingerprint density at radius 1 is 1.50 bits per heavy atom. The number of benzene rings is 1. The Kier molecular flexibility index (Phi) is 3.66. The number of nitro groups is 1. The predicted molar refractivity (Wildman–Crippen MR) is 69.4 cm³/mol. The molecular formula is C13H11N3O4. The number of hydrogen-bond acceptors (Lipinski definition) is 4. The lowest BCUT2D eigenvalue weighted by Crippen LogP contribution is -2.24. The molecule has 0 fully saturated rings. The van der Waals surface area contributed by atoms with Crippen LogP contribution in [0.25, 0.3) is 4.85 Å². The second-order valence-electron chi connectivity index (χ2n) is 4.28. The van der Waals surface area contributed by atoms with Crippen molar-refractivity contribution in [3.8, 4) is 0 Å². The first-order valence-electron chi connectivity index (χ1n) is 5.84. The molecule has 7 nitrogen and oxygen atoms in total. The van der Waals surface area contributed by atoms with Gasteiger partial charge < -0.3 is 10.1 Å². The molecular weight excluding hydrogens is 262 g/mol. The molecule has 1 aliphatic rings. The summed E-state index contributed by atoms with van der Waals surface area (Å²) in [5.41, 5.74) is 0.539. The lowest BCUT2D eigenvalue weighted by Gasteiger charge is -2.10. The van der Waals surface area contributed by atoms with Crippen LogP contribution in [0.1, 0.15) is 23.7 Å². The highest BCUT2D eigenvalue weighted by atomic mass is 16.6. The van der Waals surface area contributed by atoms with Gasteiger partial charge in [-0.1, -0.05) is 0 Å². The van der Waals surface area contributed by atoms with Gasteiger partial charge >= 0.3 is 0 Å². The molecule has 102 valence electrons. The van der Waals surface area contributed by atoms with Crippen LogP contribution >= 0.6 is 0 Å². The monoisotopic (exact) mass is 273 g/mol. The first kappa shape index (κ1) is 13.5. The number of nitrogens with zero attached hydrogens (tertiary/aromatic N) is 2. The van der Waals surface area contributed by atoms with E-state index in [2.05, 4.69) is 10.2 Å². The van der Waals surface area contributed by atoms with Gasteiger partial charge in [-0.15, -0.1) is 0 Å². The summed E-state index contributed by atoms with van der Waals surface area (Å²) in [4.78, 5) is 25.2. The van der Waals surface area contributed by atoms with E-state index in [0.717, 1.165) is 0 Å². The SMILES string of the molecule is [C-]#[N+]C1=C(NC(=O)c2ccc([N+](=O)[O-])cc2)OC(C)C1. The van der Waals surface area contributed by atoms with Crippen LogP contribution in [-0.2, 0) is 4.74 Å². The van der Waals surface area contributed by atoms with Gasteiger partial charge in [-0.25, -0.2) is 4.85 Å². The van der Waals surface area contributed by atoms with Gasteiger partial charge in [0.15, 0.2) is 5.88 Å². The van der Waals surface area contributed by atoms with Crippen molar-refractivity contribution in [3.05, 3.63) is 62.9 Å². The molecule has 2 rings (SSSR count).